The monoisotopic (exact) mass is 324 g/mol. The molecule has 0 aliphatic carbocycles. The molecule has 1 rings (SSSR count). The highest BCUT2D eigenvalue weighted by Crippen LogP contribution is 2.51. The Kier molecular flexibility index (Phi) is 5.59. The standard InChI is InChI=1S/C10H14BrO5P/c1-3-14-17(13,15-4-2)10(12)9-6-5-8(7-11)16-9/h5-6H,3-4,7H2,1-2H3. The number of hydrogen-bond acceptors (Lipinski definition) is 5. The van der Waals surface area contributed by atoms with Crippen LogP contribution in [0.4, 0.5) is 0 Å². The zero-order valence-electron chi connectivity index (χ0n) is 9.64. The number of rotatable bonds is 7. The number of alkyl halides is 1. The minimum atomic E-state index is -3.78. The Morgan fingerprint density at radius 3 is 2.35 bits per heavy atom. The van der Waals surface area contributed by atoms with Gasteiger partial charge in [0.15, 0.2) is 5.76 Å². The number of furan rings is 1. The van der Waals surface area contributed by atoms with E-state index >= 15 is 0 Å². The fourth-order valence-corrected chi connectivity index (χ4v) is 2.87. The van der Waals surface area contributed by atoms with E-state index < -0.39 is 13.1 Å². The van der Waals surface area contributed by atoms with E-state index in [2.05, 4.69) is 15.9 Å². The second-order valence-electron chi connectivity index (χ2n) is 3.04. The first-order chi connectivity index (χ1) is 8.07. The predicted octanol–water partition coefficient (Wildman–Crippen LogP) is 3.58. The minimum absolute atomic E-state index is 0.00955. The number of hydrogen-bond donors (Lipinski definition) is 0. The highest BCUT2D eigenvalue weighted by atomic mass is 79.9. The maximum absolute atomic E-state index is 12.1. The van der Waals surface area contributed by atoms with Crippen molar-refractivity contribution in [1.82, 2.24) is 0 Å². The highest BCUT2D eigenvalue weighted by molar-refractivity contribution is 9.08. The largest absolute Gasteiger partial charge is 0.456 e. The van der Waals surface area contributed by atoms with Gasteiger partial charge in [0.1, 0.15) is 5.76 Å². The summed E-state index contributed by atoms with van der Waals surface area (Å²) in [5, 5.41) is 0.480. The summed E-state index contributed by atoms with van der Waals surface area (Å²) >= 11 is 3.20. The third kappa shape index (κ3) is 3.52. The maximum atomic E-state index is 12.1. The molecule has 1 aromatic heterocycles. The van der Waals surface area contributed by atoms with Crippen LogP contribution in [-0.4, -0.2) is 18.7 Å². The van der Waals surface area contributed by atoms with Gasteiger partial charge in [-0.1, -0.05) is 15.9 Å². The van der Waals surface area contributed by atoms with Gasteiger partial charge in [0.25, 0.3) is 0 Å². The summed E-state index contributed by atoms with van der Waals surface area (Å²) in [7, 11) is -3.78. The van der Waals surface area contributed by atoms with Gasteiger partial charge in [-0.25, -0.2) is 0 Å². The Labute approximate surface area is 108 Å². The van der Waals surface area contributed by atoms with E-state index in [4.69, 9.17) is 13.5 Å². The highest BCUT2D eigenvalue weighted by Gasteiger charge is 2.37. The summed E-state index contributed by atoms with van der Waals surface area (Å²) in [4.78, 5) is 12.0. The third-order valence-electron chi connectivity index (χ3n) is 1.85. The number of carbonyl (C=O) groups is 1. The van der Waals surface area contributed by atoms with Crippen molar-refractivity contribution in [2.45, 2.75) is 19.2 Å². The van der Waals surface area contributed by atoms with Crippen LogP contribution in [0, 0.1) is 0 Å². The smallest absolute Gasteiger partial charge is 0.404 e. The zero-order chi connectivity index (χ0) is 12.9. The lowest BCUT2D eigenvalue weighted by atomic mass is 10.4. The SMILES string of the molecule is CCOP(=O)(OCC)C(=O)c1ccc(CBr)o1. The summed E-state index contributed by atoms with van der Waals surface area (Å²) < 4.78 is 27.2. The lowest BCUT2D eigenvalue weighted by molar-refractivity contribution is 0.0975. The van der Waals surface area contributed by atoms with Crippen LogP contribution in [0.1, 0.15) is 30.2 Å². The molecule has 0 fully saturated rings. The molecule has 0 aliphatic heterocycles. The van der Waals surface area contributed by atoms with Gasteiger partial charge in [-0.3, -0.25) is 9.36 Å². The normalized spacial score (nSPS) is 11.7. The molecule has 0 amide bonds. The van der Waals surface area contributed by atoms with Gasteiger partial charge in [0, 0.05) is 0 Å². The molecule has 0 spiro atoms. The van der Waals surface area contributed by atoms with Gasteiger partial charge in [0.2, 0.25) is 0 Å². The van der Waals surface area contributed by atoms with Crippen molar-refractivity contribution in [2.75, 3.05) is 13.2 Å². The molecule has 0 radical (unpaired) electrons. The molecule has 1 aromatic rings. The molecule has 0 N–H and O–H groups in total. The third-order valence-corrected chi connectivity index (χ3v) is 4.32. The van der Waals surface area contributed by atoms with Gasteiger partial charge in [0.05, 0.1) is 18.5 Å². The topological polar surface area (TPSA) is 65.7 Å². The van der Waals surface area contributed by atoms with E-state index in [1.165, 1.54) is 6.07 Å². The summed E-state index contributed by atoms with van der Waals surface area (Å²) in [6.07, 6.45) is 0. The molecule has 17 heavy (non-hydrogen) atoms. The van der Waals surface area contributed by atoms with Crippen LogP contribution in [0.25, 0.3) is 0 Å². The molecule has 96 valence electrons. The molecule has 5 nitrogen and oxygen atoms in total. The molecular weight excluding hydrogens is 311 g/mol. The fraction of sp³-hybridized carbons (Fsp3) is 0.500. The van der Waals surface area contributed by atoms with Gasteiger partial charge in [-0.05, 0) is 26.0 Å². The first-order valence-electron chi connectivity index (χ1n) is 5.16. The lowest BCUT2D eigenvalue weighted by Gasteiger charge is -2.13. The molecule has 7 heteroatoms. The lowest BCUT2D eigenvalue weighted by Crippen LogP contribution is -2.06. The van der Waals surface area contributed by atoms with Crippen LogP contribution < -0.4 is 0 Å². The van der Waals surface area contributed by atoms with E-state index in [9.17, 15) is 9.36 Å². The first kappa shape index (κ1) is 14.6. The summed E-state index contributed by atoms with van der Waals surface area (Å²) in [5.41, 5.74) is -0.742. The molecule has 0 bridgehead atoms. The van der Waals surface area contributed by atoms with Crippen molar-refractivity contribution in [2.24, 2.45) is 0 Å². The van der Waals surface area contributed by atoms with Crippen LogP contribution >= 0.6 is 23.5 Å². The summed E-state index contributed by atoms with van der Waals surface area (Å²) in [5.74, 6) is 0.567. The van der Waals surface area contributed by atoms with Crippen LogP contribution in [0.2, 0.25) is 0 Å². The average Bonchev–Trinajstić information content (AvgIpc) is 2.77. The van der Waals surface area contributed by atoms with Crippen LogP contribution in [-0.2, 0) is 18.9 Å². The number of halogens is 1. The maximum Gasteiger partial charge on any atom is 0.404 e. The molecule has 0 saturated heterocycles. The Morgan fingerprint density at radius 1 is 1.35 bits per heavy atom. The van der Waals surface area contributed by atoms with Crippen molar-refractivity contribution < 1.29 is 22.8 Å². The van der Waals surface area contributed by atoms with E-state index in [0.29, 0.717) is 11.1 Å². The van der Waals surface area contributed by atoms with Crippen molar-refractivity contribution >= 4 is 29.1 Å². The second kappa shape index (κ2) is 6.50. The van der Waals surface area contributed by atoms with E-state index in [-0.39, 0.29) is 19.0 Å². The van der Waals surface area contributed by atoms with E-state index in [0.717, 1.165) is 0 Å². The van der Waals surface area contributed by atoms with Crippen molar-refractivity contribution in [3.63, 3.8) is 0 Å². The Hall–Kier alpha value is -0.420. The van der Waals surface area contributed by atoms with Crippen LogP contribution in [0.5, 0.6) is 0 Å². The summed E-state index contributed by atoms with van der Waals surface area (Å²) in [6, 6.07) is 3.09. The second-order valence-corrected chi connectivity index (χ2v) is 5.52. The van der Waals surface area contributed by atoms with Crippen molar-refractivity contribution in [1.29, 1.82) is 0 Å². The molecule has 0 aromatic carbocycles. The Morgan fingerprint density at radius 2 is 1.94 bits per heavy atom. The quantitative estimate of drug-likeness (QED) is 0.566. The summed E-state index contributed by atoms with van der Waals surface area (Å²) in [6.45, 7) is 3.56. The molecular formula is C10H14BrO5P. The van der Waals surface area contributed by atoms with Crippen LogP contribution in [0.15, 0.2) is 16.5 Å². The molecule has 0 saturated carbocycles. The van der Waals surface area contributed by atoms with Gasteiger partial charge in [-0.2, -0.15) is 0 Å². The molecule has 1 heterocycles. The Bertz CT molecular complexity index is 418. The Balaban J connectivity index is 2.95. The molecule has 0 atom stereocenters. The van der Waals surface area contributed by atoms with Gasteiger partial charge >= 0.3 is 13.1 Å². The van der Waals surface area contributed by atoms with E-state index in [1.54, 1.807) is 19.9 Å². The number of carbonyl (C=O) groups excluding carboxylic acids is 1. The minimum Gasteiger partial charge on any atom is -0.456 e. The zero-order valence-corrected chi connectivity index (χ0v) is 12.1. The van der Waals surface area contributed by atoms with Crippen molar-refractivity contribution in [3.05, 3.63) is 23.7 Å². The fourth-order valence-electron chi connectivity index (χ4n) is 1.19. The molecule has 0 aliphatic rings. The van der Waals surface area contributed by atoms with Gasteiger partial charge in [-0.15, -0.1) is 0 Å². The molecule has 0 unspecified atom stereocenters. The van der Waals surface area contributed by atoms with E-state index in [1.807, 2.05) is 0 Å². The van der Waals surface area contributed by atoms with Crippen LogP contribution in [0.3, 0.4) is 0 Å². The first-order valence-corrected chi connectivity index (χ1v) is 7.82. The predicted molar refractivity (Wildman–Crippen MR) is 66.5 cm³/mol. The average molecular weight is 325 g/mol. The van der Waals surface area contributed by atoms with Crippen molar-refractivity contribution in [3.8, 4) is 0 Å². The van der Waals surface area contributed by atoms with Gasteiger partial charge < -0.3 is 13.5 Å².